The highest BCUT2D eigenvalue weighted by molar-refractivity contribution is 5.76. The van der Waals surface area contributed by atoms with Crippen molar-refractivity contribution in [3.8, 4) is 0 Å². The van der Waals surface area contributed by atoms with Gasteiger partial charge in [0.1, 0.15) is 0 Å². The average molecular weight is 285 g/mol. The average Bonchev–Trinajstić information content (AvgIpc) is 2.46. The second kappa shape index (κ2) is 10.1. The molecule has 118 valence electrons. The molecule has 0 radical (unpaired) electrons. The van der Waals surface area contributed by atoms with Crippen LogP contribution in [0.4, 0.5) is 0 Å². The van der Waals surface area contributed by atoms with Gasteiger partial charge in [-0.2, -0.15) is 0 Å². The summed E-state index contributed by atoms with van der Waals surface area (Å²) >= 11 is 0. The van der Waals surface area contributed by atoms with E-state index in [1.165, 1.54) is 12.8 Å². The Bertz CT molecular complexity index is 266. The largest absolute Gasteiger partial charge is 0.383 e. The van der Waals surface area contributed by atoms with Gasteiger partial charge < -0.3 is 20.7 Å². The predicted octanol–water partition coefficient (Wildman–Crippen LogP) is 0.836. The highest BCUT2D eigenvalue weighted by atomic mass is 16.5. The predicted molar refractivity (Wildman–Crippen MR) is 81.5 cm³/mol. The Morgan fingerprint density at radius 1 is 1.25 bits per heavy atom. The molecule has 20 heavy (non-hydrogen) atoms. The maximum absolute atomic E-state index is 11.9. The highest BCUT2D eigenvalue weighted by Gasteiger charge is 2.22. The van der Waals surface area contributed by atoms with Crippen molar-refractivity contribution in [2.24, 2.45) is 17.6 Å². The lowest BCUT2D eigenvalue weighted by Crippen LogP contribution is -2.35. The summed E-state index contributed by atoms with van der Waals surface area (Å²) in [5, 5.41) is 3.02. The van der Waals surface area contributed by atoms with E-state index in [9.17, 15) is 4.79 Å². The SMILES string of the molecule is COCCN(C)CCNC(=O)CC1CCC(CN)CC1. The number of nitrogens with zero attached hydrogens (tertiary/aromatic N) is 1. The molecule has 0 unspecified atom stereocenters. The fraction of sp³-hybridized carbons (Fsp3) is 0.933. The van der Waals surface area contributed by atoms with Gasteiger partial charge in [-0.15, -0.1) is 0 Å². The quantitative estimate of drug-likeness (QED) is 0.659. The van der Waals surface area contributed by atoms with Crippen molar-refractivity contribution in [2.75, 3.05) is 46.9 Å². The normalized spacial score (nSPS) is 23.0. The summed E-state index contributed by atoms with van der Waals surface area (Å²) < 4.78 is 5.02. The zero-order valence-electron chi connectivity index (χ0n) is 13.1. The van der Waals surface area contributed by atoms with Gasteiger partial charge in [-0.25, -0.2) is 0 Å². The van der Waals surface area contributed by atoms with E-state index in [-0.39, 0.29) is 5.91 Å². The zero-order chi connectivity index (χ0) is 14.8. The van der Waals surface area contributed by atoms with Crippen LogP contribution in [0, 0.1) is 11.8 Å². The number of ether oxygens (including phenoxy) is 1. The molecular formula is C15H31N3O2. The number of carbonyl (C=O) groups is 1. The van der Waals surface area contributed by atoms with Crippen LogP contribution in [-0.2, 0) is 9.53 Å². The standard InChI is InChI=1S/C15H31N3O2/c1-18(9-10-20-2)8-7-17-15(19)11-13-3-5-14(12-16)6-4-13/h13-14H,3-12,16H2,1-2H3,(H,17,19). The van der Waals surface area contributed by atoms with E-state index in [4.69, 9.17) is 10.5 Å². The molecule has 5 heteroatoms. The molecule has 1 rings (SSSR count). The second-order valence-electron chi connectivity index (χ2n) is 5.97. The molecule has 0 heterocycles. The number of nitrogens with two attached hydrogens (primary N) is 1. The number of carbonyl (C=O) groups excluding carboxylic acids is 1. The summed E-state index contributed by atoms with van der Waals surface area (Å²) in [7, 11) is 3.74. The molecule has 0 saturated heterocycles. The van der Waals surface area contributed by atoms with Crippen molar-refractivity contribution in [3.05, 3.63) is 0 Å². The minimum Gasteiger partial charge on any atom is -0.383 e. The van der Waals surface area contributed by atoms with E-state index >= 15 is 0 Å². The topological polar surface area (TPSA) is 67.6 Å². The molecule has 0 aromatic rings. The van der Waals surface area contributed by atoms with Gasteiger partial charge in [0.05, 0.1) is 6.61 Å². The van der Waals surface area contributed by atoms with Crippen LogP contribution >= 0.6 is 0 Å². The summed E-state index contributed by atoms with van der Waals surface area (Å²) in [6.45, 7) is 4.02. The lowest BCUT2D eigenvalue weighted by Gasteiger charge is -2.27. The first-order valence-corrected chi connectivity index (χ1v) is 7.80. The Labute approximate surface area is 123 Å². The van der Waals surface area contributed by atoms with Gasteiger partial charge in [0, 0.05) is 33.2 Å². The number of amides is 1. The molecule has 1 aliphatic rings. The molecular weight excluding hydrogens is 254 g/mol. The molecule has 1 amide bonds. The monoisotopic (exact) mass is 285 g/mol. The Morgan fingerprint density at radius 3 is 2.50 bits per heavy atom. The van der Waals surface area contributed by atoms with E-state index in [0.29, 0.717) is 18.3 Å². The van der Waals surface area contributed by atoms with Crippen LogP contribution in [0.25, 0.3) is 0 Å². The van der Waals surface area contributed by atoms with E-state index in [2.05, 4.69) is 10.2 Å². The van der Waals surface area contributed by atoms with Crippen molar-refractivity contribution < 1.29 is 9.53 Å². The lowest BCUT2D eigenvalue weighted by atomic mass is 9.80. The van der Waals surface area contributed by atoms with Crippen LogP contribution < -0.4 is 11.1 Å². The summed E-state index contributed by atoms with van der Waals surface area (Å²) in [5.74, 6) is 1.44. The number of nitrogens with one attached hydrogen (secondary N) is 1. The minimum atomic E-state index is 0.196. The number of hydrogen-bond acceptors (Lipinski definition) is 4. The first-order valence-electron chi connectivity index (χ1n) is 7.80. The van der Waals surface area contributed by atoms with Crippen LogP contribution in [0.15, 0.2) is 0 Å². The summed E-state index contributed by atoms with van der Waals surface area (Å²) in [6, 6.07) is 0. The van der Waals surface area contributed by atoms with Gasteiger partial charge >= 0.3 is 0 Å². The molecule has 0 aromatic heterocycles. The first kappa shape index (κ1) is 17.4. The summed E-state index contributed by atoms with van der Waals surface area (Å²) in [5.41, 5.74) is 5.69. The number of likely N-dealkylation sites (N-methyl/N-ethyl adjacent to an activating group) is 1. The van der Waals surface area contributed by atoms with Crippen LogP contribution in [0.2, 0.25) is 0 Å². The zero-order valence-corrected chi connectivity index (χ0v) is 13.1. The Kier molecular flexibility index (Phi) is 8.82. The summed E-state index contributed by atoms with van der Waals surface area (Å²) in [6.07, 6.45) is 5.37. The van der Waals surface area contributed by atoms with Crippen molar-refractivity contribution in [1.82, 2.24) is 10.2 Å². The smallest absolute Gasteiger partial charge is 0.220 e. The van der Waals surface area contributed by atoms with E-state index in [1.54, 1.807) is 7.11 Å². The van der Waals surface area contributed by atoms with Gasteiger partial charge in [-0.05, 0) is 51.1 Å². The Balaban J connectivity index is 2.06. The fourth-order valence-electron chi connectivity index (χ4n) is 2.75. The number of methoxy groups -OCH3 is 1. The van der Waals surface area contributed by atoms with E-state index in [0.717, 1.165) is 45.6 Å². The third kappa shape index (κ3) is 7.22. The van der Waals surface area contributed by atoms with Crippen molar-refractivity contribution in [3.63, 3.8) is 0 Å². The van der Waals surface area contributed by atoms with Crippen molar-refractivity contribution in [1.29, 1.82) is 0 Å². The molecule has 5 nitrogen and oxygen atoms in total. The van der Waals surface area contributed by atoms with Crippen molar-refractivity contribution in [2.45, 2.75) is 32.1 Å². The van der Waals surface area contributed by atoms with Gasteiger partial charge in [-0.3, -0.25) is 4.79 Å². The number of rotatable bonds is 9. The molecule has 1 saturated carbocycles. The van der Waals surface area contributed by atoms with Gasteiger partial charge in [-0.1, -0.05) is 0 Å². The number of hydrogen-bond donors (Lipinski definition) is 2. The van der Waals surface area contributed by atoms with Gasteiger partial charge in [0.2, 0.25) is 5.91 Å². The lowest BCUT2D eigenvalue weighted by molar-refractivity contribution is -0.122. The molecule has 0 aromatic carbocycles. The van der Waals surface area contributed by atoms with E-state index < -0.39 is 0 Å². The second-order valence-corrected chi connectivity index (χ2v) is 5.97. The third-order valence-electron chi connectivity index (χ3n) is 4.27. The highest BCUT2D eigenvalue weighted by Crippen LogP contribution is 2.29. The molecule has 0 bridgehead atoms. The maximum atomic E-state index is 11.9. The molecule has 1 fully saturated rings. The Morgan fingerprint density at radius 2 is 1.90 bits per heavy atom. The first-order chi connectivity index (χ1) is 9.65. The molecule has 1 aliphatic carbocycles. The minimum absolute atomic E-state index is 0.196. The maximum Gasteiger partial charge on any atom is 0.220 e. The fourth-order valence-corrected chi connectivity index (χ4v) is 2.75. The van der Waals surface area contributed by atoms with Crippen molar-refractivity contribution >= 4 is 5.91 Å². The van der Waals surface area contributed by atoms with Crippen LogP contribution in [0.5, 0.6) is 0 Å². The van der Waals surface area contributed by atoms with Gasteiger partial charge in [0.25, 0.3) is 0 Å². The third-order valence-corrected chi connectivity index (χ3v) is 4.27. The van der Waals surface area contributed by atoms with Crippen LogP contribution in [0.3, 0.4) is 0 Å². The van der Waals surface area contributed by atoms with E-state index in [1.807, 2.05) is 7.05 Å². The summed E-state index contributed by atoms with van der Waals surface area (Å²) in [4.78, 5) is 14.0. The van der Waals surface area contributed by atoms with Crippen LogP contribution in [-0.4, -0.2) is 57.8 Å². The molecule has 0 aliphatic heterocycles. The molecule has 0 atom stereocenters. The molecule has 0 spiro atoms. The van der Waals surface area contributed by atoms with Gasteiger partial charge in [0.15, 0.2) is 0 Å². The van der Waals surface area contributed by atoms with Crippen LogP contribution in [0.1, 0.15) is 32.1 Å². The molecule has 3 N–H and O–H groups in total. The Hall–Kier alpha value is -0.650.